The van der Waals surface area contributed by atoms with Crippen molar-refractivity contribution in [2.24, 2.45) is 0 Å². The Hall–Kier alpha value is -3.17. The lowest BCUT2D eigenvalue weighted by Gasteiger charge is -2.31. The molecule has 0 atom stereocenters. The largest absolute Gasteiger partial charge is 0.295 e. The van der Waals surface area contributed by atoms with Crippen LogP contribution in [0.2, 0.25) is 0 Å². The fraction of sp³-hybridized carbons (Fsp3) is 0.174. The van der Waals surface area contributed by atoms with E-state index in [0.717, 1.165) is 5.56 Å². The van der Waals surface area contributed by atoms with Gasteiger partial charge in [-0.1, -0.05) is 30.3 Å². The van der Waals surface area contributed by atoms with Gasteiger partial charge in [0.2, 0.25) is 0 Å². The van der Waals surface area contributed by atoms with Crippen molar-refractivity contribution in [3.05, 3.63) is 83.9 Å². The molecule has 0 amide bonds. The van der Waals surface area contributed by atoms with Crippen molar-refractivity contribution >= 4 is 37.2 Å². The molecule has 1 aliphatic rings. The molecule has 0 saturated heterocycles. The van der Waals surface area contributed by atoms with Crippen LogP contribution in [0.4, 0.5) is 11.4 Å². The number of carbonyl (C=O) groups is 1. The van der Waals surface area contributed by atoms with E-state index in [1.807, 2.05) is 0 Å². The van der Waals surface area contributed by atoms with Gasteiger partial charge < -0.3 is 0 Å². The van der Waals surface area contributed by atoms with Crippen LogP contribution in [0.3, 0.4) is 0 Å². The zero-order valence-corrected chi connectivity index (χ0v) is 19.0. The first-order valence-corrected chi connectivity index (χ1v) is 13.0. The molecule has 0 unspecified atom stereocenters. The van der Waals surface area contributed by atoms with Crippen LogP contribution in [0, 0.1) is 0 Å². The molecule has 166 valence electrons. The number of nitrogens with zero attached hydrogens (tertiary/aromatic N) is 1. The smallest absolute Gasteiger partial charge is 0.264 e. The summed E-state index contributed by atoms with van der Waals surface area (Å²) in [5.74, 6) is -0.147. The molecule has 1 heterocycles. The third-order valence-corrected chi connectivity index (χ3v) is 8.53. The number of rotatable bonds is 6. The molecule has 0 bridgehead atoms. The van der Waals surface area contributed by atoms with Gasteiger partial charge in [-0.3, -0.25) is 13.8 Å². The number of hydrogen-bond acceptors (Lipinski definition) is 5. The number of aryl methyl sites for hydroxylation is 1. The van der Waals surface area contributed by atoms with E-state index in [-0.39, 0.29) is 15.6 Å². The average molecular weight is 471 g/mol. The summed E-state index contributed by atoms with van der Waals surface area (Å²) in [4.78, 5) is 11.7. The number of carbonyl (C=O) groups excluding carboxylic acids is 1. The van der Waals surface area contributed by atoms with Crippen LogP contribution in [0.1, 0.15) is 29.3 Å². The van der Waals surface area contributed by atoms with Crippen LogP contribution in [0.5, 0.6) is 0 Å². The van der Waals surface area contributed by atoms with Crippen LogP contribution in [0.25, 0.3) is 0 Å². The van der Waals surface area contributed by atoms with Crippen LogP contribution in [0.15, 0.2) is 82.6 Å². The second-order valence-electron chi connectivity index (χ2n) is 7.52. The second kappa shape index (κ2) is 8.40. The molecular weight excluding hydrogens is 448 g/mol. The Morgan fingerprint density at radius 2 is 1.56 bits per heavy atom. The van der Waals surface area contributed by atoms with E-state index in [9.17, 15) is 21.6 Å². The third kappa shape index (κ3) is 4.26. The molecule has 0 saturated carbocycles. The molecule has 4 rings (SSSR count). The molecule has 1 aliphatic heterocycles. The van der Waals surface area contributed by atoms with Crippen molar-refractivity contribution in [3.8, 4) is 0 Å². The minimum atomic E-state index is -3.86. The highest BCUT2D eigenvalue weighted by atomic mass is 32.2. The first kappa shape index (κ1) is 22.0. The maximum Gasteiger partial charge on any atom is 0.264 e. The van der Waals surface area contributed by atoms with E-state index < -0.39 is 20.0 Å². The van der Waals surface area contributed by atoms with Crippen molar-refractivity contribution in [2.45, 2.75) is 29.6 Å². The molecule has 0 fully saturated rings. The summed E-state index contributed by atoms with van der Waals surface area (Å²) in [7, 11) is -7.57. The Kier molecular flexibility index (Phi) is 5.79. The van der Waals surface area contributed by atoms with E-state index >= 15 is 0 Å². The Balaban J connectivity index is 1.62. The van der Waals surface area contributed by atoms with Gasteiger partial charge in [-0.2, -0.15) is 0 Å². The summed E-state index contributed by atoms with van der Waals surface area (Å²) in [5.41, 5.74) is 2.08. The van der Waals surface area contributed by atoms with Gasteiger partial charge in [0.25, 0.3) is 20.0 Å². The number of anilines is 2. The quantitative estimate of drug-likeness (QED) is 0.552. The number of sulfonamides is 2. The molecule has 3 aromatic rings. The second-order valence-corrected chi connectivity index (χ2v) is 11.1. The maximum absolute atomic E-state index is 13.1. The highest BCUT2D eigenvalue weighted by Crippen LogP contribution is 2.34. The topological polar surface area (TPSA) is 101 Å². The lowest BCUT2D eigenvalue weighted by Crippen LogP contribution is -2.35. The predicted octanol–water partition coefficient (Wildman–Crippen LogP) is 3.83. The van der Waals surface area contributed by atoms with Crippen LogP contribution >= 0.6 is 0 Å². The minimum absolute atomic E-state index is 0.0357. The Bertz CT molecular complexity index is 1370. The fourth-order valence-electron chi connectivity index (χ4n) is 3.68. The molecule has 32 heavy (non-hydrogen) atoms. The zero-order chi connectivity index (χ0) is 22.9. The lowest BCUT2D eigenvalue weighted by molar-refractivity contribution is 0.101. The average Bonchev–Trinajstić information content (AvgIpc) is 2.79. The number of Topliss-reactive ketones (excluding diaryl/α,β-unsaturated/α-hetero) is 1. The van der Waals surface area contributed by atoms with E-state index in [4.69, 9.17) is 0 Å². The summed E-state index contributed by atoms with van der Waals surface area (Å²) >= 11 is 0. The van der Waals surface area contributed by atoms with Crippen LogP contribution in [-0.4, -0.2) is 29.2 Å². The van der Waals surface area contributed by atoms with Gasteiger partial charge in [-0.05, 0) is 67.8 Å². The summed E-state index contributed by atoms with van der Waals surface area (Å²) in [6, 6.07) is 18.8. The van der Waals surface area contributed by atoms with Crippen molar-refractivity contribution in [3.63, 3.8) is 0 Å². The van der Waals surface area contributed by atoms with E-state index in [1.165, 1.54) is 35.5 Å². The Labute approximate surface area is 187 Å². The first-order chi connectivity index (χ1) is 15.2. The molecular formula is C23H22N2O5S2. The molecule has 9 heteroatoms. The Morgan fingerprint density at radius 3 is 2.22 bits per heavy atom. The first-order valence-electron chi connectivity index (χ1n) is 10.0. The molecule has 7 nitrogen and oxygen atoms in total. The van der Waals surface area contributed by atoms with Crippen molar-refractivity contribution in [1.29, 1.82) is 0 Å². The van der Waals surface area contributed by atoms with Crippen molar-refractivity contribution in [1.82, 2.24) is 0 Å². The van der Waals surface area contributed by atoms with Crippen molar-refractivity contribution < 1.29 is 21.6 Å². The number of ketones is 1. The number of hydrogen-bond donors (Lipinski definition) is 1. The Morgan fingerprint density at radius 1 is 0.875 bits per heavy atom. The van der Waals surface area contributed by atoms with Crippen LogP contribution < -0.4 is 9.03 Å². The molecule has 0 aromatic heterocycles. The normalized spacial score (nSPS) is 14.0. The summed E-state index contributed by atoms with van der Waals surface area (Å²) in [6.07, 6.45) is 1.26. The molecule has 0 radical (unpaired) electrons. The molecule has 0 aliphatic carbocycles. The van der Waals surface area contributed by atoms with Crippen LogP contribution in [-0.2, 0) is 26.5 Å². The van der Waals surface area contributed by atoms with E-state index in [2.05, 4.69) is 4.72 Å². The number of benzene rings is 3. The van der Waals surface area contributed by atoms with Gasteiger partial charge in [0.05, 0.1) is 15.5 Å². The summed E-state index contributed by atoms with van der Waals surface area (Å²) < 4.78 is 55.7. The maximum atomic E-state index is 13.1. The van der Waals surface area contributed by atoms with Gasteiger partial charge in [0.15, 0.2) is 5.78 Å². The minimum Gasteiger partial charge on any atom is -0.295 e. The lowest BCUT2D eigenvalue weighted by atomic mass is 10.0. The summed E-state index contributed by atoms with van der Waals surface area (Å²) in [5, 5.41) is 0. The SMILES string of the molecule is CC(=O)c1ccc(S(=O)(=O)Nc2ccc3c(c2)CCCN3S(=O)(=O)c2ccccc2)cc1. The molecule has 0 spiro atoms. The van der Waals surface area contributed by atoms with E-state index in [1.54, 1.807) is 48.5 Å². The zero-order valence-electron chi connectivity index (χ0n) is 17.4. The van der Waals surface area contributed by atoms with E-state index in [0.29, 0.717) is 36.3 Å². The van der Waals surface area contributed by atoms with Gasteiger partial charge in [-0.25, -0.2) is 16.8 Å². The predicted molar refractivity (Wildman–Crippen MR) is 123 cm³/mol. The van der Waals surface area contributed by atoms with Gasteiger partial charge >= 0.3 is 0 Å². The van der Waals surface area contributed by atoms with Crippen molar-refractivity contribution in [2.75, 3.05) is 15.6 Å². The summed E-state index contributed by atoms with van der Waals surface area (Å²) in [6.45, 7) is 1.77. The molecule has 1 N–H and O–H groups in total. The van der Waals surface area contributed by atoms with Gasteiger partial charge in [0, 0.05) is 17.8 Å². The van der Waals surface area contributed by atoms with Gasteiger partial charge in [-0.15, -0.1) is 0 Å². The fourth-order valence-corrected chi connectivity index (χ4v) is 6.29. The number of fused-ring (bicyclic) bond motifs is 1. The monoisotopic (exact) mass is 470 g/mol. The number of nitrogens with one attached hydrogen (secondary N) is 1. The highest BCUT2D eigenvalue weighted by Gasteiger charge is 2.29. The van der Waals surface area contributed by atoms with Gasteiger partial charge in [0.1, 0.15) is 0 Å². The third-order valence-electron chi connectivity index (χ3n) is 5.31. The molecule has 3 aromatic carbocycles. The highest BCUT2D eigenvalue weighted by molar-refractivity contribution is 7.93. The standard InChI is InChI=1S/C23H22N2O5S2/c1-17(26)18-9-12-21(13-10-18)31(27,28)24-20-11-14-23-19(16-20)6-5-15-25(23)32(29,30)22-7-3-2-4-8-22/h2-4,7-14,16,24H,5-6,15H2,1H3.